The maximum Gasteiger partial charge on any atom is 0.259 e. The molecule has 2 N–H and O–H groups in total. The van der Waals surface area contributed by atoms with Gasteiger partial charge in [-0.2, -0.15) is 0 Å². The summed E-state index contributed by atoms with van der Waals surface area (Å²) in [6, 6.07) is 15.8. The molecule has 246 valence electrons. The first kappa shape index (κ1) is 31.2. The first-order valence-electron chi connectivity index (χ1n) is 16.3. The van der Waals surface area contributed by atoms with Crippen LogP contribution in [0.25, 0.3) is 21.8 Å². The Morgan fingerprint density at radius 3 is 2.38 bits per heavy atom. The minimum Gasteiger partial charge on any atom is -0.388 e. The van der Waals surface area contributed by atoms with Crippen LogP contribution in [0.1, 0.15) is 44.9 Å². The Hall–Kier alpha value is -4.45. The second kappa shape index (κ2) is 12.0. The van der Waals surface area contributed by atoms with Crippen molar-refractivity contribution in [2.24, 2.45) is 24.0 Å². The van der Waals surface area contributed by atoms with E-state index in [9.17, 15) is 22.8 Å². The number of aromatic nitrogens is 1. The van der Waals surface area contributed by atoms with Crippen LogP contribution in [0, 0.1) is 11.8 Å². The summed E-state index contributed by atoms with van der Waals surface area (Å²) in [4.78, 5) is 49.0. The van der Waals surface area contributed by atoms with E-state index in [1.807, 2.05) is 67.7 Å². The molecule has 47 heavy (non-hydrogen) atoms. The predicted molar refractivity (Wildman–Crippen MR) is 177 cm³/mol. The Morgan fingerprint density at radius 1 is 1.02 bits per heavy atom. The molecule has 0 unspecified atom stereocenters. The largest absolute Gasteiger partial charge is 0.388 e. The van der Waals surface area contributed by atoms with E-state index in [0.29, 0.717) is 24.7 Å². The zero-order valence-corrected chi connectivity index (χ0v) is 27.3. The highest BCUT2D eigenvalue weighted by Gasteiger charge is 2.61. The van der Waals surface area contributed by atoms with Crippen molar-refractivity contribution >= 4 is 49.6 Å². The van der Waals surface area contributed by atoms with Gasteiger partial charge < -0.3 is 19.6 Å². The fraction of sp³-hybridized carbons (Fsp3) is 0.429. The SMILES string of the molecule is CN1CCCC/C=C\[C@H]2C[C@@]2(C(=O)NS(=O)(=O)C2CC2)NC(=O)[C@@H]2C[C@@H](ON=c3c4ccccc4n(C)c4ccccc34)C=C2C1=O. The molecular formula is C35H39N5O6S. The van der Waals surface area contributed by atoms with E-state index in [2.05, 4.69) is 19.8 Å². The molecule has 0 spiro atoms. The van der Waals surface area contributed by atoms with E-state index in [1.165, 1.54) is 0 Å². The number of para-hydroxylation sites is 2. The number of hydrogen-bond acceptors (Lipinski definition) is 7. The number of rotatable bonds is 5. The molecule has 1 aliphatic heterocycles. The topological polar surface area (TPSA) is 139 Å². The Balaban J connectivity index is 1.21. The zero-order chi connectivity index (χ0) is 32.9. The molecule has 2 fully saturated rings. The molecule has 0 radical (unpaired) electrons. The van der Waals surface area contributed by atoms with Crippen LogP contribution >= 0.6 is 0 Å². The monoisotopic (exact) mass is 657 g/mol. The third-order valence-electron chi connectivity index (χ3n) is 9.89. The highest BCUT2D eigenvalue weighted by Crippen LogP contribution is 2.46. The van der Waals surface area contributed by atoms with Crippen molar-refractivity contribution in [1.29, 1.82) is 0 Å². The number of benzene rings is 2. The van der Waals surface area contributed by atoms with Crippen molar-refractivity contribution in [1.82, 2.24) is 19.5 Å². The number of pyridine rings is 1. The van der Waals surface area contributed by atoms with E-state index < -0.39 is 44.6 Å². The number of amides is 3. The first-order chi connectivity index (χ1) is 22.6. The molecular weight excluding hydrogens is 618 g/mol. The van der Waals surface area contributed by atoms with Gasteiger partial charge in [0.2, 0.25) is 21.8 Å². The van der Waals surface area contributed by atoms with E-state index in [0.717, 1.165) is 41.1 Å². The summed E-state index contributed by atoms with van der Waals surface area (Å²) in [7, 11) is -0.0971. The van der Waals surface area contributed by atoms with Gasteiger partial charge in [-0.15, -0.1) is 0 Å². The van der Waals surface area contributed by atoms with Crippen molar-refractivity contribution in [2.75, 3.05) is 13.6 Å². The average Bonchev–Trinajstić information content (AvgIpc) is 3.99. The minimum absolute atomic E-state index is 0.138. The van der Waals surface area contributed by atoms with Crippen LogP contribution in [-0.2, 0) is 36.3 Å². The minimum atomic E-state index is -3.82. The van der Waals surface area contributed by atoms with Crippen LogP contribution in [0.5, 0.6) is 0 Å². The van der Waals surface area contributed by atoms with Gasteiger partial charge in [0, 0.05) is 49.3 Å². The summed E-state index contributed by atoms with van der Waals surface area (Å²) < 4.78 is 29.7. The van der Waals surface area contributed by atoms with Gasteiger partial charge in [0.05, 0.1) is 22.2 Å². The van der Waals surface area contributed by atoms with E-state index in [1.54, 1.807) is 18.0 Å². The van der Waals surface area contributed by atoms with Crippen molar-refractivity contribution in [2.45, 2.75) is 61.8 Å². The van der Waals surface area contributed by atoms with Crippen molar-refractivity contribution in [3.63, 3.8) is 0 Å². The normalized spacial score (nSPS) is 27.2. The molecule has 4 aliphatic rings. The van der Waals surface area contributed by atoms with Gasteiger partial charge in [-0.05, 0) is 56.7 Å². The van der Waals surface area contributed by atoms with Crippen LogP contribution < -0.4 is 15.4 Å². The third-order valence-corrected chi connectivity index (χ3v) is 11.7. The van der Waals surface area contributed by atoms with E-state index >= 15 is 0 Å². The number of allylic oxidation sites excluding steroid dienone is 1. The van der Waals surface area contributed by atoms with Gasteiger partial charge >= 0.3 is 0 Å². The standard InChI is InChI=1S/C35H39N5O6S/c1-39-18-10-4-3-5-11-22-21-35(22,34(43)38-47(44,45)24-16-17-24)36-32(41)27-19-23(20-28(27)33(39)42)46-37-31-25-12-6-8-14-29(25)40(2)30-15-9-7-13-26(30)31/h5-9,11-15,20,22-24,27H,3-4,10,16-19,21H2,1-2H3,(H,36,41)(H,38,43)/b11-5-/t22-,23+,27+,35+/m0/s1. The van der Waals surface area contributed by atoms with Gasteiger partial charge in [0.1, 0.15) is 17.0 Å². The molecule has 12 heteroatoms. The molecule has 3 aromatic rings. The van der Waals surface area contributed by atoms with Crippen LogP contribution in [0.3, 0.4) is 0 Å². The molecule has 2 heterocycles. The molecule has 2 saturated carbocycles. The lowest BCUT2D eigenvalue weighted by molar-refractivity contribution is -0.133. The lowest BCUT2D eigenvalue weighted by Gasteiger charge is -2.24. The summed E-state index contributed by atoms with van der Waals surface area (Å²) in [6.45, 7) is 0.530. The molecule has 3 amide bonds. The van der Waals surface area contributed by atoms with Gasteiger partial charge in [-0.3, -0.25) is 19.1 Å². The average molecular weight is 658 g/mol. The third kappa shape index (κ3) is 5.83. The molecule has 1 aromatic heterocycles. The van der Waals surface area contributed by atoms with Crippen molar-refractivity contribution < 1.29 is 27.6 Å². The summed E-state index contributed by atoms with van der Waals surface area (Å²) in [5, 5.41) is 9.38. The molecule has 0 saturated heterocycles. The van der Waals surface area contributed by atoms with E-state index in [4.69, 9.17) is 4.84 Å². The number of nitrogens with zero attached hydrogens (tertiary/aromatic N) is 3. The molecule has 2 aromatic carbocycles. The molecule has 3 aliphatic carbocycles. The van der Waals surface area contributed by atoms with Gasteiger partial charge in [-0.1, -0.05) is 53.7 Å². The summed E-state index contributed by atoms with van der Waals surface area (Å²) in [5.41, 5.74) is 0.830. The lowest BCUT2D eigenvalue weighted by atomic mass is 9.97. The molecule has 4 atom stereocenters. The number of fused-ring (bicyclic) bond motifs is 4. The Bertz CT molecular complexity index is 1970. The second-order valence-corrected chi connectivity index (χ2v) is 15.1. The van der Waals surface area contributed by atoms with Crippen LogP contribution in [-0.4, -0.2) is 66.1 Å². The van der Waals surface area contributed by atoms with Gasteiger partial charge in [0.25, 0.3) is 5.91 Å². The van der Waals surface area contributed by atoms with Crippen LogP contribution in [0.2, 0.25) is 0 Å². The van der Waals surface area contributed by atoms with Crippen molar-refractivity contribution in [3.05, 3.63) is 77.7 Å². The lowest BCUT2D eigenvalue weighted by Crippen LogP contribution is -2.54. The zero-order valence-electron chi connectivity index (χ0n) is 26.5. The predicted octanol–water partition coefficient (Wildman–Crippen LogP) is 3.16. The van der Waals surface area contributed by atoms with E-state index in [-0.39, 0.29) is 30.2 Å². The number of carbonyl (C=O) groups excluding carboxylic acids is 3. The Morgan fingerprint density at radius 2 is 1.70 bits per heavy atom. The second-order valence-electron chi connectivity index (χ2n) is 13.2. The maximum absolute atomic E-state index is 14.0. The van der Waals surface area contributed by atoms with Crippen LogP contribution in [0.15, 0.2) is 77.5 Å². The summed E-state index contributed by atoms with van der Waals surface area (Å²) >= 11 is 0. The molecule has 11 nitrogen and oxygen atoms in total. The smallest absolute Gasteiger partial charge is 0.259 e. The molecule has 7 rings (SSSR count). The fourth-order valence-electron chi connectivity index (χ4n) is 6.88. The van der Waals surface area contributed by atoms with Gasteiger partial charge in [0.15, 0.2) is 0 Å². The summed E-state index contributed by atoms with van der Waals surface area (Å²) in [6.07, 6.45) is 8.64. The van der Waals surface area contributed by atoms with Crippen molar-refractivity contribution in [3.8, 4) is 0 Å². The number of aryl methyl sites for hydroxylation is 1. The number of hydrogen-bond donors (Lipinski definition) is 2. The number of nitrogens with one attached hydrogen (secondary N) is 2. The maximum atomic E-state index is 14.0. The quantitative estimate of drug-likeness (QED) is 0.246. The number of carbonyl (C=O) groups is 3. The number of likely N-dealkylation sites (N-methyl/N-ethyl adjacent to an activating group) is 1. The first-order valence-corrected chi connectivity index (χ1v) is 17.8. The van der Waals surface area contributed by atoms with Crippen LogP contribution in [0.4, 0.5) is 0 Å². The molecule has 0 bridgehead atoms. The highest BCUT2D eigenvalue weighted by molar-refractivity contribution is 7.91. The Kier molecular flexibility index (Phi) is 7.94. The highest BCUT2D eigenvalue weighted by atomic mass is 32.2. The van der Waals surface area contributed by atoms with Gasteiger partial charge in [-0.25, -0.2) is 8.42 Å². The summed E-state index contributed by atoms with van der Waals surface area (Å²) in [5.74, 6) is -2.79. The fourth-order valence-corrected chi connectivity index (χ4v) is 8.24. The number of sulfonamides is 1. The Labute approximate surface area is 273 Å².